The number of fused-ring (bicyclic) bond motifs is 1. The predicted molar refractivity (Wildman–Crippen MR) is 104 cm³/mol. The van der Waals surface area contributed by atoms with E-state index in [4.69, 9.17) is 9.97 Å². The maximum atomic E-state index is 5.02. The Morgan fingerprint density at radius 3 is 2.77 bits per heavy atom. The van der Waals surface area contributed by atoms with Crippen LogP contribution in [0.2, 0.25) is 0 Å². The highest BCUT2D eigenvalue weighted by Gasteiger charge is 2.24. The summed E-state index contributed by atoms with van der Waals surface area (Å²) in [5, 5.41) is 14.6. The summed E-state index contributed by atoms with van der Waals surface area (Å²) in [6, 6.07) is 2.40. The molecule has 2 aromatic heterocycles. The Labute approximate surface area is 155 Å². The van der Waals surface area contributed by atoms with Crippen LogP contribution in [0.15, 0.2) is 6.07 Å². The number of H-pyrrole nitrogens is 1. The standard InChI is InChI=1S/C20H30N6/c1-13(11-16-12-14(2)25-26-16)22-20-17-7-9-21-10-8-18(17)23-19(24-20)15-5-3-4-6-15/h12-13,15,21H,3-11H2,1-2H3,(H,25,26)(H,22,23,24). The number of aromatic nitrogens is 4. The van der Waals surface area contributed by atoms with Crippen LogP contribution in [-0.4, -0.2) is 39.3 Å². The number of hydrogen-bond acceptors (Lipinski definition) is 5. The van der Waals surface area contributed by atoms with Gasteiger partial charge in [-0.15, -0.1) is 0 Å². The molecule has 0 spiro atoms. The van der Waals surface area contributed by atoms with E-state index >= 15 is 0 Å². The normalized spacial score (nSPS) is 19.2. The first-order valence-electron chi connectivity index (χ1n) is 10.1. The van der Waals surface area contributed by atoms with Crippen LogP contribution in [0, 0.1) is 6.92 Å². The molecule has 0 saturated heterocycles. The average Bonchev–Trinajstić information content (AvgIpc) is 3.22. The summed E-state index contributed by atoms with van der Waals surface area (Å²) in [5.74, 6) is 2.66. The Hall–Kier alpha value is -1.95. The minimum Gasteiger partial charge on any atom is -0.367 e. The van der Waals surface area contributed by atoms with Gasteiger partial charge in [-0.25, -0.2) is 9.97 Å². The maximum Gasteiger partial charge on any atom is 0.134 e. The summed E-state index contributed by atoms with van der Waals surface area (Å²) >= 11 is 0. The second kappa shape index (κ2) is 7.74. The van der Waals surface area contributed by atoms with Gasteiger partial charge in [-0.1, -0.05) is 12.8 Å². The van der Waals surface area contributed by atoms with Crippen molar-refractivity contribution in [3.8, 4) is 0 Å². The first kappa shape index (κ1) is 17.5. The van der Waals surface area contributed by atoms with Gasteiger partial charge in [0.2, 0.25) is 0 Å². The predicted octanol–water partition coefficient (Wildman–Crippen LogP) is 2.90. The fourth-order valence-corrected chi connectivity index (χ4v) is 4.23. The lowest BCUT2D eigenvalue weighted by molar-refractivity contribution is 0.654. The van der Waals surface area contributed by atoms with Crippen molar-refractivity contribution >= 4 is 5.82 Å². The number of rotatable bonds is 5. The molecule has 3 N–H and O–H groups in total. The van der Waals surface area contributed by atoms with Crippen molar-refractivity contribution < 1.29 is 0 Å². The van der Waals surface area contributed by atoms with E-state index in [1.54, 1.807) is 0 Å². The number of hydrogen-bond donors (Lipinski definition) is 3. The van der Waals surface area contributed by atoms with Crippen molar-refractivity contribution in [3.63, 3.8) is 0 Å². The molecule has 2 aromatic rings. The molecule has 1 unspecified atom stereocenters. The summed E-state index contributed by atoms with van der Waals surface area (Å²) in [6.07, 6.45) is 7.97. The van der Waals surface area contributed by atoms with Crippen molar-refractivity contribution in [2.75, 3.05) is 18.4 Å². The molecule has 6 heteroatoms. The highest BCUT2D eigenvalue weighted by atomic mass is 15.1. The Balaban J connectivity index is 1.58. The second-order valence-corrected chi connectivity index (χ2v) is 7.88. The molecular weight excluding hydrogens is 324 g/mol. The van der Waals surface area contributed by atoms with E-state index < -0.39 is 0 Å². The summed E-state index contributed by atoms with van der Waals surface area (Å²) in [6.45, 7) is 6.26. The van der Waals surface area contributed by atoms with Crippen molar-refractivity contribution in [2.24, 2.45) is 0 Å². The third kappa shape index (κ3) is 3.90. The van der Waals surface area contributed by atoms with Crippen molar-refractivity contribution in [1.82, 2.24) is 25.5 Å². The zero-order chi connectivity index (χ0) is 17.9. The number of nitrogens with one attached hydrogen (secondary N) is 3. The van der Waals surface area contributed by atoms with Crippen LogP contribution in [0.25, 0.3) is 0 Å². The highest BCUT2D eigenvalue weighted by Crippen LogP contribution is 2.34. The summed E-state index contributed by atoms with van der Waals surface area (Å²) in [4.78, 5) is 10.0. The van der Waals surface area contributed by atoms with E-state index in [1.165, 1.54) is 36.9 Å². The van der Waals surface area contributed by atoms with Gasteiger partial charge < -0.3 is 10.6 Å². The molecule has 4 rings (SSSR count). The van der Waals surface area contributed by atoms with Crippen LogP contribution in [0.1, 0.15) is 67.0 Å². The fourth-order valence-electron chi connectivity index (χ4n) is 4.23. The first-order chi connectivity index (χ1) is 12.7. The Bertz CT molecular complexity index is 747. The minimum atomic E-state index is 0.282. The zero-order valence-electron chi connectivity index (χ0n) is 15.9. The Kier molecular flexibility index (Phi) is 5.20. The van der Waals surface area contributed by atoms with Gasteiger partial charge in [-0.2, -0.15) is 5.10 Å². The number of nitrogens with zero attached hydrogens (tertiary/aromatic N) is 3. The van der Waals surface area contributed by atoms with Gasteiger partial charge in [0.1, 0.15) is 11.6 Å². The lowest BCUT2D eigenvalue weighted by Crippen LogP contribution is -2.22. The molecule has 1 aliphatic heterocycles. The lowest BCUT2D eigenvalue weighted by atomic mass is 10.0. The van der Waals surface area contributed by atoms with E-state index in [9.17, 15) is 0 Å². The number of anilines is 1. The molecule has 0 amide bonds. The molecule has 0 bridgehead atoms. The molecule has 3 heterocycles. The summed E-state index contributed by atoms with van der Waals surface area (Å²) < 4.78 is 0. The maximum absolute atomic E-state index is 5.02. The van der Waals surface area contributed by atoms with Gasteiger partial charge in [0, 0.05) is 42.6 Å². The third-order valence-electron chi connectivity index (χ3n) is 5.58. The third-order valence-corrected chi connectivity index (χ3v) is 5.58. The van der Waals surface area contributed by atoms with Gasteiger partial charge in [0.05, 0.1) is 11.4 Å². The quantitative estimate of drug-likeness (QED) is 0.769. The van der Waals surface area contributed by atoms with E-state index in [2.05, 4.69) is 33.8 Å². The Morgan fingerprint density at radius 1 is 1.19 bits per heavy atom. The second-order valence-electron chi connectivity index (χ2n) is 7.88. The first-order valence-corrected chi connectivity index (χ1v) is 10.1. The average molecular weight is 355 g/mol. The van der Waals surface area contributed by atoms with Gasteiger partial charge in [-0.05, 0) is 45.7 Å². The van der Waals surface area contributed by atoms with Crippen molar-refractivity contribution in [1.29, 1.82) is 0 Å². The molecule has 0 radical (unpaired) electrons. The van der Waals surface area contributed by atoms with E-state index in [0.29, 0.717) is 5.92 Å². The molecular formula is C20H30N6. The molecule has 6 nitrogen and oxygen atoms in total. The SMILES string of the molecule is Cc1cc(CC(C)Nc2nc(C3CCCC3)nc3c2CCNCC3)n[nH]1. The lowest BCUT2D eigenvalue weighted by Gasteiger charge is -2.20. The fraction of sp³-hybridized carbons (Fsp3) is 0.650. The van der Waals surface area contributed by atoms with Crippen LogP contribution >= 0.6 is 0 Å². The monoisotopic (exact) mass is 354 g/mol. The summed E-state index contributed by atoms with van der Waals surface area (Å²) in [7, 11) is 0. The molecule has 1 aliphatic carbocycles. The van der Waals surface area contributed by atoms with E-state index in [-0.39, 0.29) is 6.04 Å². The van der Waals surface area contributed by atoms with Crippen LogP contribution in [0.5, 0.6) is 0 Å². The molecule has 1 atom stereocenters. The largest absolute Gasteiger partial charge is 0.367 e. The molecule has 1 saturated carbocycles. The van der Waals surface area contributed by atoms with Crippen molar-refractivity contribution in [3.05, 3.63) is 34.5 Å². The van der Waals surface area contributed by atoms with Crippen LogP contribution in [0.3, 0.4) is 0 Å². The van der Waals surface area contributed by atoms with Gasteiger partial charge in [0.25, 0.3) is 0 Å². The van der Waals surface area contributed by atoms with Gasteiger partial charge >= 0.3 is 0 Å². The molecule has 26 heavy (non-hydrogen) atoms. The summed E-state index contributed by atoms with van der Waals surface area (Å²) in [5.41, 5.74) is 4.76. The topological polar surface area (TPSA) is 78.5 Å². The Morgan fingerprint density at radius 2 is 2.00 bits per heavy atom. The smallest absolute Gasteiger partial charge is 0.134 e. The minimum absolute atomic E-state index is 0.282. The van der Waals surface area contributed by atoms with E-state index in [0.717, 1.165) is 55.4 Å². The number of aryl methyl sites for hydroxylation is 1. The highest BCUT2D eigenvalue weighted by molar-refractivity contribution is 5.49. The zero-order valence-corrected chi connectivity index (χ0v) is 15.9. The van der Waals surface area contributed by atoms with E-state index in [1.807, 2.05) is 6.92 Å². The van der Waals surface area contributed by atoms with Crippen LogP contribution in [0.4, 0.5) is 5.82 Å². The molecule has 0 aromatic carbocycles. The van der Waals surface area contributed by atoms with Gasteiger partial charge in [0.15, 0.2) is 0 Å². The molecule has 140 valence electrons. The van der Waals surface area contributed by atoms with Crippen LogP contribution in [-0.2, 0) is 19.3 Å². The molecule has 1 fully saturated rings. The number of aromatic amines is 1. The van der Waals surface area contributed by atoms with Crippen LogP contribution < -0.4 is 10.6 Å². The van der Waals surface area contributed by atoms with Crippen molar-refractivity contribution in [2.45, 2.75) is 70.8 Å². The molecule has 2 aliphatic rings. The van der Waals surface area contributed by atoms with Gasteiger partial charge in [-0.3, -0.25) is 5.10 Å².